The Bertz CT molecular complexity index is 729. The first kappa shape index (κ1) is 20.9. The fourth-order valence-electron chi connectivity index (χ4n) is 7.69. The molecule has 3 saturated carbocycles. The van der Waals surface area contributed by atoms with Crippen molar-refractivity contribution in [1.29, 1.82) is 0 Å². The van der Waals surface area contributed by atoms with Gasteiger partial charge in [0.25, 0.3) is 0 Å². The summed E-state index contributed by atoms with van der Waals surface area (Å²) >= 11 is 0. The molecule has 4 rings (SSSR count). The highest BCUT2D eigenvalue weighted by atomic mass is 16.5. The topological polar surface area (TPSA) is 72.8 Å². The van der Waals surface area contributed by atoms with Gasteiger partial charge in [-0.2, -0.15) is 0 Å². The average Bonchev–Trinajstić information content (AvgIpc) is 2.93. The fourth-order valence-corrected chi connectivity index (χ4v) is 7.69. The van der Waals surface area contributed by atoms with Crippen LogP contribution in [-0.2, 0) is 19.1 Å². The number of carbonyl (C=O) groups excluding carboxylic acids is 2. The van der Waals surface area contributed by atoms with Gasteiger partial charge in [-0.3, -0.25) is 9.59 Å². The van der Waals surface area contributed by atoms with Crippen molar-refractivity contribution in [2.75, 3.05) is 0 Å². The molecule has 0 aromatic rings. The van der Waals surface area contributed by atoms with E-state index in [0.29, 0.717) is 24.2 Å². The maximum atomic E-state index is 12.0. The Balaban J connectivity index is 1.75. The van der Waals surface area contributed by atoms with Gasteiger partial charge in [0.05, 0.1) is 6.10 Å². The molecule has 0 amide bonds. The molecule has 162 valence electrons. The first-order valence-electron chi connectivity index (χ1n) is 11.3. The molecule has 0 aliphatic heterocycles. The monoisotopic (exact) mass is 404 g/mol. The summed E-state index contributed by atoms with van der Waals surface area (Å²) in [5.74, 6) is 0.957. The Morgan fingerprint density at radius 3 is 2.41 bits per heavy atom. The van der Waals surface area contributed by atoms with E-state index in [1.165, 1.54) is 19.4 Å². The minimum Gasteiger partial charge on any atom is -0.462 e. The minimum absolute atomic E-state index is 0.0292. The van der Waals surface area contributed by atoms with Crippen LogP contribution in [0, 0.1) is 34.5 Å². The van der Waals surface area contributed by atoms with Gasteiger partial charge in [0.15, 0.2) is 0 Å². The average molecular weight is 405 g/mol. The van der Waals surface area contributed by atoms with E-state index in [9.17, 15) is 14.7 Å². The minimum atomic E-state index is -0.312. The summed E-state index contributed by atoms with van der Waals surface area (Å²) in [6, 6.07) is 0. The van der Waals surface area contributed by atoms with Crippen molar-refractivity contribution in [3.8, 4) is 0 Å². The summed E-state index contributed by atoms with van der Waals surface area (Å²) < 4.78 is 11.6. The van der Waals surface area contributed by atoms with E-state index >= 15 is 0 Å². The standard InChI is InChI=1S/C24H36O5/c1-13-10-17(27)11-16-12-20(28-14(2)25)22-18-6-7-21(29-15(3)26)23(18,4)9-8-19(22)24(13,16)5/h12-13,17-22,27H,6-11H2,1-5H3/t13?,17?,18-,19+,20?,21?,22-,23-,24-/m0/s1. The summed E-state index contributed by atoms with van der Waals surface area (Å²) in [5.41, 5.74) is 1.24. The molecule has 4 aliphatic carbocycles. The van der Waals surface area contributed by atoms with Crippen LogP contribution in [0.15, 0.2) is 11.6 Å². The molecule has 0 radical (unpaired) electrons. The highest BCUT2D eigenvalue weighted by Crippen LogP contribution is 2.66. The number of aliphatic hydroxyl groups excluding tert-OH is 1. The third-order valence-electron chi connectivity index (χ3n) is 9.17. The molecular weight excluding hydrogens is 368 g/mol. The highest BCUT2D eigenvalue weighted by molar-refractivity contribution is 5.67. The Kier molecular flexibility index (Phi) is 5.12. The summed E-state index contributed by atoms with van der Waals surface area (Å²) in [4.78, 5) is 23.7. The third-order valence-corrected chi connectivity index (χ3v) is 9.17. The van der Waals surface area contributed by atoms with Crippen molar-refractivity contribution in [3.63, 3.8) is 0 Å². The number of carbonyl (C=O) groups is 2. The number of fused-ring (bicyclic) bond motifs is 5. The molecule has 0 heterocycles. The number of rotatable bonds is 2. The van der Waals surface area contributed by atoms with Gasteiger partial charge in [-0.1, -0.05) is 26.3 Å². The largest absolute Gasteiger partial charge is 0.462 e. The molecule has 29 heavy (non-hydrogen) atoms. The smallest absolute Gasteiger partial charge is 0.303 e. The lowest BCUT2D eigenvalue weighted by molar-refractivity contribution is -0.168. The molecule has 5 heteroatoms. The SMILES string of the molecule is CC(=O)OC1C=C2CC(O)CC(C)[C@]2(C)[C@@H]2CC[C@]3(C)C(OC(C)=O)CC[C@H]3[C@H]12. The van der Waals surface area contributed by atoms with E-state index in [4.69, 9.17) is 9.47 Å². The highest BCUT2D eigenvalue weighted by Gasteiger charge is 2.63. The normalized spacial score (nSPS) is 48.6. The lowest BCUT2D eigenvalue weighted by atomic mass is 9.45. The number of aliphatic hydroxyl groups is 1. The molecule has 4 aliphatic rings. The van der Waals surface area contributed by atoms with Crippen LogP contribution in [0.4, 0.5) is 0 Å². The Labute approximate surface area is 174 Å². The third kappa shape index (κ3) is 3.15. The van der Waals surface area contributed by atoms with Crippen LogP contribution in [0.25, 0.3) is 0 Å². The van der Waals surface area contributed by atoms with E-state index in [1.807, 2.05) is 0 Å². The molecular formula is C24H36O5. The van der Waals surface area contributed by atoms with Crippen molar-refractivity contribution in [1.82, 2.24) is 0 Å². The zero-order valence-corrected chi connectivity index (χ0v) is 18.4. The van der Waals surface area contributed by atoms with Crippen LogP contribution in [-0.4, -0.2) is 35.4 Å². The van der Waals surface area contributed by atoms with Crippen molar-refractivity contribution in [3.05, 3.63) is 11.6 Å². The van der Waals surface area contributed by atoms with Gasteiger partial charge >= 0.3 is 11.9 Å². The summed E-state index contributed by atoms with van der Waals surface area (Å²) in [6.45, 7) is 9.89. The number of hydrogen-bond acceptors (Lipinski definition) is 5. The van der Waals surface area contributed by atoms with E-state index in [1.54, 1.807) is 0 Å². The molecule has 0 aromatic heterocycles. The van der Waals surface area contributed by atoms with Crippen LogP contribution in [0.3, 0.4) is 0 Å². The van der Waals surface area contributed by atoms with Crippen LogP contribution >= 0.6 is 0 Å². The Morgan fingerprint density at radius 2 is 1.76 bits per heavy atom. The summed E-state index contributed by atoms with van der Waals surface area (Å²) in [5, 5.41) is 10.4. The molecule has 5 nitrogen and oxygen atoms in total. The fraction of sp³-hybridized carbons (Fsp3) is 0.833. The van der Waals surface area contributed by atoms with Gasteiger partial charge in [-0.05, 0) is 67.8 Å². The van der Waals surface area contributed by atoms with Crippen molar-refractivity contribution in [2.24, 2.45) is 34.5 Å². The van der Waals surface area contributed by atoms with E-state index < -0.39 is 0 Å². The van der Waals surface area contributed by atoms with Crippen LogP contribution in [0.5, 0.6) is 0 Å². The molecule has 1 N–H and O–H groups in total. The molecule has 3 fully saturated rings. The zero-order chi connectivity index (χ0) is 21.1. The summed E-state index contributed by atoms with van der Waals surface area (Å²) in [6.07, 6.45) is 7.03. The van der Waals surface area contributed by atoms with Crippen LogP contribution in [0.1, 0.15) is 73.1 Å². The van der Waals surface area contributed by atoms with Gasteiger partial charge in [0, 0.05) is 25.2 Å². The number of esters is 2. The number of ether oxygens (including phenoxy) is 2. The van der Waals surface area contributed by atoms with Gasteiger partial charge in [0.2, 0.25) is 0 Å². The second kappa shape index (κ2) is 7.11. The maximum absolute atomic E-state index is 12.0. The van der Waals surface area contributed by atoms with Crippen molar-refractivity contribution >= 4 is 11.9 Å². The summed E-state index contributed by atoms with van der Waals surface area (Å²) in [7, 11) is 0. The quantitative estimate of drug-likeness (QED) is 0.556. The predicted molar refractivity (Wildman–Crippen MR) is 109 cm³/mol. The van der Waals surface area contributed by atoms with Crippen molar-refractivity contribution in [2.45, 2.75) is 91.5 Å². The van der Waals surface area contributed by atoms with Gasteiger partial charge in [0.1, 0.15) is 12.2 Å². The van der Waals surface area contributed by atoms with Gasteiger partial charge in [-0.25, -0.2) is 0 Å². The van der Waals surface area contributed by atoms with Gasteiger partial charge < -0.3 is 14.6 Å². The number of hydrogen-bond donors (Lipinski definition) is 1. The lowest BCUT2D eigenvalue weighted by Crippen LogP contribution is -2.58. The van der Waals surface area contributed by atoms with E-state index in [2.05, 4.69) is 26.8 Å². The Morgan fingerprint density at radius 1 is 1.07 bits per heavy atom. The maximum Gasteiger partial charge on any atom is 0.303 e. The molecule has 0 saturated heterocycles. The lowest BCUT2D eigenvalue weighted by Gasteiger charge is -2.60. The predicted octanol–water partition coefficient (Wildman–Crippen LogP) is 4.03. The zero-order valence-electron chi connectivity index (χ0n) is 18.4. The Hall–Kier alpha value is -1.36. The first-order valence-corrected chi connectivity index (χ1v) is 11.3. The van der Waals surface area contributed by atoms with Crippen LogP contribution in [0.2, 0.25) is 0 Å². The second-order valence-corrected chi connectivity index (χ2v) is 10.6. The van der Waals surface area contributed by atoms with E-state index in [0.717, 1.165) is 32.1 Å². The molecule has 9 atom stereocenters. The van der Waals surface area contributed by atoms with Crippen molar-refractivity contribution < 1.29 is 24.2 Å². The second-order valence-electron chi connectivity index (χ2n) is 10.6. The van der Waals surface area contributed by atoms with Crippen LogP contribution < -0.4 is 0 Å². The molecule has 0 aromatic carbocycles. The molecule has 0 spiro atoms. The molecule has 4 unspecified atom stereocenters. The van der Waals surface area contributed by atoms with E-state index in [-0.39, 0.29) is 47.0 Å². The molecule has 0 bridgehead atoms. The first-order chi connectivity index (χ1) is 13.6. The van der Waals surface area contributed by atoms with Gasteiger partial charge in [-0.15, -0.1) is 0 Å².